The first-order valence-corrected chi connectivity index (χ1v) is 9.88. The van der Waals surface area contributed by atoms with E-state index < -0.39 is 10.0 Å². The third kappa shape index (κ3) is 3.69. The van der Waals surface area contributed by atoms with Crippen LogP contribution in [0.2, 0.25) is 0 Å². The Kier molecular flexibility index (Phi) is 5.33. The van der Waals surface area contributed by atoms with E-state index in [4.69, 9.17) is 0 Å². The predicted molar refractivity (Wildman–Crippen MR) is 96.1 cm³/mol. The molecule has 0 N–H and O–H groups in total. The number of hydrogen-bond acceptors (Lipinski definition) is 3. The normalized spacial score (nSPS) is 19.0. The third-order valence-corrected chi connectivity index (χ3v) is 6.61. The highest BCUT2D eigenvalue weighted by molar-refractivity contribution is 7.89. The maximum Gasteiger partial charge on any atom is 0.243 e. The van der Waals surface area contributed by atoms with Crippen molar-refractivity contribution in [2.75, 3.05) is 19.6 Å². The molecule has 1 atom stereocenters. The van der Waals surface area contributed by atoms with E-state index in [1.165, 1.54) is 5.56 Å². The van der Waals surface area contributed by atoms with Gasteiger partial charge in [0.2, 0.25) is 10.0 Å². The number of hydrogen-bond donors (Lipinski definition) is 0. The van der Waals surface area contributed by atoms with Crippen molar-refractivity contribution in [2.45, 2.75) is 30.8 Å². The Labute approximate surface area is 144 Å². The van der Waals surface area contributed by atoms with Crippen LogP contribution >= 0.6 is 0 Å². The maximum absolute atomic E-state index is 12.9. The lowest BCUT2D eigenvalue weighted by Crippen LogP contribution is -2.41. The summed E-state index contributed by atoms with van der Waals surface area (Å²) in [5, 5.41) is 0. The summed E-state index contributed by atoms with van der Waals surface area (Å²) in [5.74, 6) is 0. The third-order valence-electron chi connectivity index (χ3n) is 4.57. The zero-order valence-corrected chi connectivity index (χ0v) is 14.8. The monoisotopic (exact) mass is 344 g/mol. The molecule has 0 spiro atoms. The van der Waals surface area contributed by atoms with Crippen LogP contribution in [-0.2, 0) is 16.6 Å². The summed E-state index contributed by atoms with van der Waals surface area (Å²) in [6, 6.07) is 19.1. The van der Waals surface area contributed by atoms with Gasteiger partial charge < -0.3 is 0 Å². The smallest absolute Gasteiger partial charge is 0.243 e. The van der Waals surface area contributed by atoms with Crippen LogP contribution < -0.4 is 0 Å². The minimum Gasteiger partial charge on any atom is -0.297 e. The van der Waals surface area contributed by atoms with Gasteiger partial charge in [-0.3, -0.25) is 4.90 Å². The van der Waals surface area contributed by atoms with Crippen molar-refractivity contribution in [3.63, 3.8) is 0 Å². The highest BCUT2D eigenvalue weighted by Crippen LogP contribution is 2.24. The molecule has 1 aliphatic heterocycles. The number of nitrogens with zero attached hydrogens (tertiary/aromatic N) is 2. The Morgan fingerprint density at radius 1 is 1.04 bits per heavy atom. The fourth-order valence-electron chi connectivity index (χ4n) is 3.38. The number of likely N-dealkylation sites (N-methyl/N-ethyl adjacent to an activating group) is 1. The van der Waals surface area contributed by atoms with Crippen LogP contribution in [0.15, 0.2) is 65.6 Å². The van der Waals surface area contributed by atoms with E-state index in [2.05, 4.69) is 17.0 Å². The van der Waals surface area contributed by atoms with Gasteiger partial charge in [-0.25, -0.2) is 8.42 Å². The van der Waals surface area contributed by atoms with Crippen molar-refractivity contribution in [3.8, 4) is 0 Å². The molecule has 0 radical (unpaired) electrons. The molecule has 3 rings (SSSR count). The first kappa shape index (κ1) is 17.1. The van der Waals surface area contributed by atoms with E-state index in [-0.39, 0.29) is 6.04 Å². The zero-order valence-electron chi connectivity index (χ0n) is 14.0. The van der Waals surface area contributed by atoms with Gasteiger partial charge >= 0.3 is 0 Å². The summed E-state index contributed by atoms with van der Waals surface area (Å²) >= 11 is 0. The Morgan fingerprint density at radius 3 is 2.29 bits per heavy atom. The molecule has 0 bridgehead atoms. The van der Waals surface area contributed by atoms with E-state index in [1.807, 2.05) is 31.2 Å². The molecule has 1 fully saturated rings. The summed E-state index contributed by atoms with van der Waals surface area (Å²) < 4.78 is 27.5. The van der Waals surface area contributed by atoms with Crippen LogP contribution in [0.3, 0.4) is 0 Å². The molecule has 1 heterocycles. The van der Waals surface area contributed by atoms with Crippen LogP contribution in [0, 0.1) is 0 Å². The van der Waals surface area contributed by atoms with E-state index in [1.54, 1.807) is 28.6 Å². The van der Waals surface area contributed by atoms with Gasteiger partial charge in [-0.2, -0.15) is 4.31 Å². The summed E-state index contributed by atoms with van der Waals surface area (Å²) in [6.07, 6.45) is 0.882. The van der Waals surface area contributed by atoms with Gasteiger partial charge in [0.15, 0.2) is 0 Å². The Morgan fingerprint density at radius 2 is 1.67 bits per heavy atom. The minimum atomic E-state index is -3.42. The second-order valence-electron chi connectivity index (χ2n) is 6.18. The van der Waals surface area contributed by atoms with Crippen LogP contribution in [0.25, 0.3) is 0 Å². The second kappa shape index (κ2) is 7.47. The van der Waals surface area contributed by atoms with Crippen LogP contribution in [0.4, 0.5) is 0 Å². The summed E-state index contributed by atoms with van der Waals surface area (Å²) in [4.78, 5) is 2.72. The average Bonchev–Trinajstić information content (AvgIpc) is 3.05. The van der Waals surface area contributed by atoms with Gasteiger partial charge in [-0.15, -0.1) is 0 Å². The maximum atomic E-state index is 12.9. The topological polar surface area (TPSA) is 40.6 Å². The largest absolute Gasteiger partial charge is 0.297 e. The minimum absolute atomic E-state index is 0.0453. The molecule has 0 saturated carbocycles. The molecule has 2 aromatic rings. The number of benzene rings is 2. The van der Waals surface area contributed by atoms with Crippen molar-refractivity contribution < 1.29 is 8.42 Å². The fraction of sp³-hybridized carbons (Fsp3) is 0.368. The Hall–Kier alpha value is -1.69. The summed E-state index contributed by atoms with van der Waals surface area (Å²) in [7, 11) is -3.42. The quantitative estimate of drug-likeness (QED) is 0.809. The summed E-state index contributed by atoms with van der Waals surface area (Å²) in [5.41, 5.74) is 1.27. The second-order valence-corrected chi connectivity index (χ2v) is 8.08. The molecular weight excluding hydrogens is 320 g/mol. The lowest BCUT2D eigenvalue weighted by atomic mass is 10.2. The molecule has 1 aliphatic rings. The highest BCUT2D eigenvalue weighted by atomic mass is 32.2. The number of rotatable bonds is 6. The molecule has 24 heavy (non-hydrogen) atoms. The van der Waals surface area contributed by atoms with E-state index >= 15 is 0 Å². The lowest BCUT2D eigenvalue weighted by molar-refractivity contribution is 0.285. The first-order valence-electron chi connectivity index (χ1n) is 8.44. The number of sulfonamides is 1. The molecule has 2 aromatic carbocycles. The first-order chi connectivity index (χ1) is 11.6. The van der Waals surface area contributed by atoms with E-state index in [9.17, 15) is 8.42 Å². The van der Waals surface area contributed by atoms with Gasteiger partial charge in [-0.05, 0) is 24.1 Å². The van der Waals surface area contributed by atoms with Gasteiger partial charge in [0.25, 0.3) is 0 Å². The molecule has 1 unspecified atom stereocenters. The van der Waals surface area contributed by atoms with Crippen molar-refractivity contribution in [3.05, 3.63) is 66.2 Å². The van der Waals surface area contributed by atoms with Crippen LogP contribution in [0.5, 0.6) is 0 Å². The van der Waals surface area contributed by atoms with Crippen molar-refractivity contribution in [1.82, 2.24) is 9.21 Å². The van der Waals surface area contributed by atoms with Gasteiger partial charge in [0, 0.05) is 32.2 Å². The average molecular weight is 344 g/mol. The molecule has 0 aromatic heterocycles. The molecule has 128 valence electrons. The highest BCUT2D eigenvalue weighted by Gasteiger charge is 2.34. The van der Waals surface area contributed by atoms with Gasteiger partial charge in [0.05, 0.1) is 4.90 Å². The standard InChI is InChI=1S/C19H24N2O2S/c1-2-21(24(22,23)19-11-7-4-8-12-19)18-13-14-20(16-18)15-17-9-5-3-6-10-17/h3-12,18H,2,13-16H2,1H3. The Bertz CT molecular complexity index is 747. The summed E-state index contributed by atoms with van der Waals surface area (Å²) in [6.45, 7) is 5.01. The van der Waals surface area contributed by atoms with E-state index in [0.29, 0.717) is 11.4 Å². The zero-order chi connectivity index (χ0) is 17.0. The molecule has 4 nitrogen and oxygen atoms in total. The van der Waals surface area contributed by atoms with Gasteiger partial charge in [-0.1, -0.05) is 55.5 Å². The van der Waals surface area contributed by atoms with Crippen molar-refractivity contribution in [1.29, 1.82) is 0 Å². The SMILES string of the molecule is CCN(C1CCN(Cc2ccccc2)C1)S(=O)(=O)c1ccccc1. The fourth-order valence-corrected chi connectivity index (χ4v) is 5.06. The van der Waals surface area contributed by atoms with Crippen LogP contribution in [-0.4, -0.2) is 43.3 Å². The predicted octanol–water partition coefficient (Wildman–Crippen LogP) is 2.97. The molecule has 0 aliphatic carbocycles. The molecule has 5 heteroatoms. The number of likely N-dealkylation sites (tertiary alicyclic amines) is 1. The van der Waals surface area contributed by atoms with Crippen LogP contribution in [0.1, 0.15) is 18.9 Å². The van der Waals surface area contributed by atoms with E-state index in [0.717, 1.165) is 26.1 Å². The van der Waals surface area contributed by atoms with Gasteiger partial charge in [0.1, 0.15) is 0 Å². The van der Waals surface area contributed by atoms with Crippen molar-refractivity contribution in [2.24, 2.45) is 0 Å². The molecule has 0 amide bonds. The van der Waals surface area contributed by atoms with Crippen molar-refractivity contribution >= 4 is 10.0 Å². The molecular formula is C19H24N2O2S. The Balaban J connectivity index is 1.71. The molecule has 1 saturated heterocycles. The lowest BCUT2D eigenvalue weighted by Gasteiger charge is -2.27.